The first-order chi connectivity index (χ1) is 55.9. The molecule has 0 fully saturated rings. The first-order valence-corrected chi connectivity index (χ1v) is 38.6. The van der Waals surface area contributed by atoms with Gasteiger partial charge in [0.05, 0.1) is 114 Å². The molecule has 0 bridgehead atoms. The number of nitrogen functional groups attached to an aromatic ring is 1. The van der Waals surface area contributed by atoms with E-state index in [1.54, 1.807) is 89.9 Å². The number of imidazole rings is 3. The van der Waals surface area contributed by atoms with Crippen molar-refractivity contribution in [1.82, 2.24) is 48.9 Å². The third-order valence-corrected chi connectivity index (χ3v) is 19.2. The van der Waals surface area contributed by atoms with Crippen molar-refractivity contribution in [3.63, 3.8) is 0 Å². The van der Waals surface area contributed by atoms with Crippen molar-refractivity contribution in [3.05, 3.63) is 224 Å². The van der Waals surface area contributed by atoms with E-state index >= 15 is 0 Å². The lowest BCUT2D eigenvalue weighted by molar-refractivity contribution is -0.152. The first-order valence-electron chi connectivity index (χ1n) is 34.7. The Bertz CT molecular complexity index is 5740. The van der Waals surface area contributed by atoms with Gasteiger partial charge in [0, 0.05) is 118 Å². The summed E-state index contributed by atoms with van der Waals surface area (Å²) in [5.74, 6) is -3.51. The molecule has 0 aliphatic rings. The fraction of sp³-hybridized carbons (Fsp3) is 0.175. The number of esters is 2. The number of thiophene rings is 3. The van der Waals surface area contributed by atoms with E-state index in [1.165, 1.54) is 76.0 Å². The van der Waals surface area contributed by atoms with Crippen LogP contribution < -0.4 is 51.1 Å². The lowest BCUT2D eigenvalue weighted by Gasteiger charge is -2.11. The smallest absolute Gasteiger partial charge is 0.397 e. The van der Waals surface area contributed by atoms with Crippen LogP contribution in [0.5, 0.6) is 46.0 Å². The zero-order chi connectivity index (χ0) is 83.4. The Morgan fingerprint density at radius 2 is 0.845 bits per heavy atom. The zero-order valence-corrected chi connectivity index (χ0v) is 67.6. The lowest BCUT2D eigenvalue weighted by Crippen LogP contribution is -2.36. The summed E-state index contributed by atoms with van der Waals surface area (Å²) in [7, 11) is 8.94. The molecule has 0 aliphatic carbocycles. The zero-order valence-electron chi connectivity index (χ0n) is 62.9. The van der Waals surface area contributed by atoms with Crippen molar-refractivity contribution in [1.29, 1.82) is 0 Å². The number of pyridine rings is 3. The number of methoxy groups -OCH3 is 2. The molecule has 9 aromatic heterocycles. The minimum absolute atomic E-state index is 0.0328. The molecule has 0 atom stereocenters. The van der Waals surface area contributed by atoms with Crippen molar-refractivity contribution in [2.75, 3.05) is 62.2 Å². The van der Waals surface area contributed by atoms with Crippen LogP contribution in [0.4, 0.5) is 30.2 Å². The highest BCUT2D eigenvalue weighted by Gasteiger charge is 2.22. The second-order valence-electron chi connectivity index (χ2n) is 23.9. The molecule has 3 amide bonds. The van der Waals surface area contributed by atoms with E-state index in [9.17, 15) is 41.9 Å². The normalized spacial score (nSPS) is 10.5. The summed E-state index contributed by atoms with van der Waals surface area (Å²) in [5.41, 5.74) is 18.4. The third-order valence-electron chi connectivity index (χ3n) is 15.6. The Kier molecular flexibility index (Phi) is 32.5. The molecule has 602 valence electrons. The average Bonchev–Trinajstić information content (AvgIpc) is 1.65. The monoisotopic (exact) mass is 1700 g/mol. The van der Waals surface area contributed by atoms with Crippen LogP contribution in [0.2, 0.25) is 0 Å². The van der Waals surface area contributed by atoms with Crippen LogP contribution in [0.25, 0.3) is 62.4 Å². The molecule has 27 nitrogen and oxygen atoms in total. The maximum absolute atomic E-state index is 14.9. The van der Waals surface area contributed by atoms with Crippen molar-refractivity contribution < 1.29 is 75.1 Å². The fourth-order valence-electron chi connectivity index (χ4n) is 10.4. The Hall–Kier alpha value is -12.5. The Morgan fingerprint density at radius 1 is 0.466 bits per heavy atom. The predicted octanol–water partition coefficient (Wildman–Crippen LogP) is 16.2. The standard InChI is InChI=1S/C28H24FN5O4S.C21H17FN4O4S.C17H13FN4OS.C9H13NO.C4H5ClO3.CH2Cl2/c1-34-15-21(32-16-34)25-14-20-26(39-25)24(10-12-30-20)38-23-8-7-18(13-19(23)29)33-28(36)27(35)31-11-9-17-5-3-4-6-22(17)37-2;1-3-29-21(28)20(27)25-12-4-5-16(13(22)8-12)30-17-6-7-23-14-9-18(31-19(14)17)15-10-26(2)11-24-15;1-22-8-13(21-9-22)16-7-12-17(24-16)15(4-5-20-12)23-14-3-2-10(19)6-11(14)18;1-11-9-5-3-2-4-8(9)6-7-10;1-2-8-4(7)3(5)6;2-1-3/h3-8,10,12-16H,9,11H2,1-2H3,(H,31,35)(H,33,36);4-11H,3H2,1-2H3,(H,25,27);2-9H,19H2,1H3;2-5H,6-7,10H2,1H3;2H2,1H3;1H2. The van der Waals surface area contributed by atoms with E-state index in [0.29, 0.717) is 52.7 Å². The maximum atomic E-state index is 14.9. The SMILES string of the molecule is CCOC(=O)C(=O)Cl.CCOC(=O)C(=O)Nc1ccc(Oc2ccnc3cc(-c4cn(C)cn4)sc23)c(F)c1.COc1ccccc1CCN.COc1ccccc1CCNC(=O)C(=O)Nc1ccc(Oc2ccnc3cc(-c4cn(C)cn4)sc23)c(F)c1.ClCCl.Cn1cnc(-c2cc3nccc(Oc4ccc(N)cc4F)c3s2)c1. The summed E-state index contributed by atoms with van der Waals surface area (Å²) in [4.78, 5) is 96.5. The van der Waals surface area contributed by atoms with Crippen LogP contribution in [0.3, 0.4) is 0 Å². The van der Waals surface area contributed by atoms with Gasteiger partial charge in [-0.05, 0) is 123 Å². The van der Waals surface area contributed by atoms with Gasteiger partial charge in [0.25, 0.3) is 0 Å². The number of nitrogens with zero attached hydrogens (tertiary/aromatic N) is 9. The van der Waals surface area contributed by atoms with E-state index in [4.69, 9.17) is 70.0 Å². The summed E-state index contributed by atoms with van der Waals surface area (Å²) in [6, 6.07) is 38.3. The molecule has 0 spiro atoms. The van der Waals surface area contributed by atoms with Crippen molar-refractivity contribution in [2.24, 2.45) is 26.9 Å². The van der Waals surface area contributed by atoms with E-state index < -0.39 is 52.4 Å². The number of para-hydroxylation sites is 2. The largest absolute Gasteiger partial charge is 0.496 e. The van der Waals surface area contributed by atoms with Gasteiger partial charge in [0.1, 0.15) is 28.7 Å². The molecule has 0 aliphatic heterocycles. The second kappa shape index (κ2) is 43.1. The number of alkyl halides is 2. The van der Waals surface area contributed by atoms with E-state index in [1.807, 2.05) is 120 Å². The number of halogens is 6. The Labute approximate surface area is 688 Å². The third kappa shape index (κ3) is 24.5. The summed E-state index contributed by atoms with van der Waals surface area (Å²) in [5, 5.41) is 6.37. The quantitative estimate of drug-likeness (QED) is 0.0147. The molecule has 14 rings (SSSR count). The molecule has 0 saturated heterocycles. The number of carbonyl (C=O) groups excluding carboxylic acids is 6. The van der Waals surface area contributed by atoms with Gasteiger partial charge in [-0.2, -0.15) is 0 Å². The molecule has 0 unspecified atom stereocenters. The van der Waals surface area contributed by atoms with Crippen molar-refractivity contribution in [2.45, 2.75) is 26.7 Å². The number of aromatic nitrogens is 9. The lowest BCUT2D eigenvalue weighted by atomic mass is 10.1. The number of rotatable bonds is 21. The average molecular weight is 1700 g/mol. The van der Waals surface area contributed by atoms with Gasteiger partial charge in [0.2, 0.25) is 0 Å². The van der Waals surface area contributed by atoms with Crippen LogP contribution in [0, 0.1) is 17.5 Å². The highest BCUT2D eigenvalue weighted by Crippen LogP contribution is 2.43. The van der Waals surface area contributed by atoms with Crippen LogP contribution in [0.15, 0.2) is 196 Å². The van der Waals surface area contributed by atoms with Crippen LogP contribution in [0.1, 0.15) is 25.0 Å². The maximum Gasteiger partial charge on any atom is 0.397 e. The van der Waals surface area contributed by atoms with Crippen molar-refractivity contribution >= 4 is 151 Å². The molecule has 0 saturated carbocycles. The van der Waals surface area contributed by atoms with Crippen molar-refractivity contribution in [3.8, 4) is 77.7 Å². The van der Waals surface area contributed by atoms with Gasteiger partial charge in [0.15, 0.2) is 34.7 Å². The number of fused-ring (bicyclic) bond motifs is 3. The Balaban J connectivity index is 0.000000178. The molecular weight excluding hydrogens is 1620 g/mol. The predicted molar refractivity (Wildman–Crippen MR) is 443 cm³/mol. The molecule has 14 aromatic rings. The Morgan fingerprint density at radius 3 is 1.20 bits per heavy atom. The van der Waals surface area contributed by atoms with Crippen LogP contribution in [-0.4, -0.2) is 124 Å². The number of carbonyl (C=O) groups is 6. The fourth-order valence-corrected chi connectivity index (χ4v) is 13.5. The van der Waals surface area contributed by atoms with Gasteiger partial charge < -0.3 is 74.3 Å². The summed E-state index contributed by atoms with van der Waals surface area (Å²) in [6.07, 6.45) is 17.1. The minimum Gasteiger partial charge on any atom is -0.496 e. The number of hydrogen-bond donors (Lipinski definition) is 5. The van der Waals surface area contributed by atoms with E-state index in [2.05, 4.69) is 55.3 Å². The summed E-state index contributed by atoms with van der Waals surface area (Å²) >= 11 is 18.6. The number of benzene rings is 5. The molecule has 9 heterocycles. The summed E-state index contributed by atoms with van der Waals surface area (Å²) < 4.78 is 88.0. The second-order valence-corrected chi connectivity index (χ2v) is 28.2. The van der Waals surface area contributed by atoms with E-state index in [0.717, 1.165) is 81.2 Å². The molecule has 0 radical (unpaired) electrons. The number of hydrogen-bond acceptors (Lipinski definition) is 24. The van der Waals surface area contributed by atoms with Crippen LogP contribution in [-0.2, 0) is 72.2 Å². The molecule has 116 heavy (non-hydrogen) atoms. The van der Waals surface area contributed by atoms with Gasteiger partial charge >= 0.3 is 34.9 Å². The van der Waals surface area contributed by atoms with Gasteiger partial charge in [-0.3, -0.25) is 34.1 Å². The van der Waals surface area contributed by atoms with Gasteiger partial charge in [-0.25, -0.2) is 37.7 Å². The number of aryl methyl sites for hydroxylation is 3. The number of nitrogens with one attached hydrogen (secondary N) is 3. The number of amides is 3. The van der Waals surface area contributed by atoms with Gasteiger partial charge in [-0.15, -0.1) is 57.2 Å². The van der Waals surface area contributed by atoms with Gasteiger partial charge in [-0.1, -0.05) is 36.4 Å². The molecule has 7 N–H and O–H groups in total. The number of ether oxygens (including phenoxy) is 7. The molecular formula is C80H74Cl3F3N14O13S3. The highest BCUT2D eigenvalue weighted by molar-refractivity contribution is 7.23. The topological polar surface area (TPSA) is 347 Å². The molecule has 5 aromatic carbocycles. The first kappa shape index (κ1) is 87.5. The summed E-state index contributed by atoms with van der Waals surface area (Å²) in [6.45, 7) is 4.33. The number of anilines is 3. The highest BCUT2D eigenvalue weighted by atomic mass is 35.5. The van der Waals surface area contributed by atoms with E-state index in [-0.39, 0.29) is 53.7 Å². The number of nitrogens with two attached hydrogens (primary N) is 2. The minimum atomic E-state index is -1.08. The molecule has 36 heteroatoms. The van der Waals surface area contributed by atoms with Crippen LogP contribution >= 0.6 is 68.8 Å².